The zero-order valence-corrected chi connectivity index (χ0v) is 13.7. The number of amides is 2. The highest BCUT2D eigenvalue weighted by molar-refractivity contribution is 7.21. The molecule has 0 saturated carbocycles. The SMILES string of the molecule is CCN(CCO)C(=O)CNC(=O)c1sc2ccccc2c1Cl. The Hall–Kier alpha value is -1.63. The number of aliphatic hydroxyl groups is 1. The van der Waals surface area contributed by atoms with Crippen LogP contribution in [0.1, 0.15) is 16.6 Å². The molecule has 0 aliphatic heterocycles. The maximum atomic E-state index is 12.2. The van der Waals surface area contributed by atoms with Crippen molar-refractivity contribution in [2.45, 2.75) is 6.92 Å². The summed E-state index contributed by atoms with van der Waals surface area (Å²) in [5.74, 6) is -0.596. The van der Waals surface area contributed by atoms with Gasteiger partial charge in [-0.05, 0) is 13.0 Å². The molecule has 2 N–H and O–H groups in total. The number of thiophene rings is 1. The molecule has 0 saturated heterocycles. The lowest BCUT2D eigenvalue weighted by Gasteiger charge is -2.19. The number of rotatable bonds is 6. The Kier molecular flexibility index (Phi) is 5.76. The van der Waals surface area contributed by atoms with Gasteiger partial charge in [0.05, 0.1) is 18.2 Å². The molecule has 2 rings (SSSR count). The predicted molar refractivity (Wildman–Crippen MR) is 88.5 cm³/mol. The van der Waals surface area contributed by atoms with Crippen molar-refractivity contribution in [1.82, 2.24) is 10.2 Å². The van der Waals surface area contributed by atoms with E-state index in [1.807, 2.05) is 31.2 Å². The fraction of sp³-hybridized carbons (Fsp3) is 0.333. The lowest BCUT2D eigenvalue weighted by atomic mass is 10.2. The third kappa shape index (κ3) is 3.58. The molecule has 118 valence electrons. The van der Waals surface area contributed by atoms with Gasteiger partial charge in [0, 0.05) is 23.2 Å². The summed E-state index contributed by atoms with van der Waals surface area (Å²) in [5, 5.41) is 12.7. The average Bonchev–Trinajstić information content (AvgIpc) is 2.87. The minimum absolute atomic E-state index is 0.102. The minimum atomic E-state index is -0.361. The Morgan fingerprint density at radius 2 is 2.09 bits per heavy atom. The monoisotopic (exact) mass is 340 g/mol. The number of carbonyl (C=O) groups is 2. The van der Waals surface area contributed by atoms with Gasteiger partial charge < -0.3 is 15.3 Å². The van der Waals surface area contributed by atoms with E-state index in [4.69, 9.17) is 16.7 Å². The smallest absolute Gasteiger partial charge is 0.263 e. The molecule has 0 aliphatic carbocycles. The van der Waals surface area contributed by atoms with E-state index in [1.165, 1.54) is 16.2 Å². The molecule has 1 aromatic heterocycles. The quantitative estimate of drug-likeness (QED) is 0.846. The van der Waals surface area contributed by atoms with Crippen LogP contribution >= 0.6 is 22.9 Å². The summed E-state index contributed by atoms with van der Waals surface area (Å²) in [5.41, 5.74) is 0. The van der Waals surface area contributed by atoms with Crippen molar-refractivity contribution in [3.63, 3.8) is 0 Å². The van der Waals surface area contributed by atoms with Crippen LogP contribution in [-0.2, 0) is 4.79 Å². The third-order valence-corrected chi connectivity index (χ3v) is 4.92. The van der Waals surface area contributed by atoms with Gasteiger partial charge in [0.1, 0.15) is 4.88 Å². The van der Waals surface area contributed by atoms with Crippen molar-refractivity contribution in [2.24, 2.45) is 0 Å². The number of hydrogen-bond acceptors (Lipinski definition) is 4. The summed E-state index contributed by atoms with van der Waals surface area (Å²) in [6, 6.07) is 7.50. The lowest BCUT2D eigenvalue weighted by molar-refractivity contribution is -0.130. The summed E-state index contributed by atoms with van der Waals surface area (Å²) in [7, 11) is 0. The van der Waals surface area contributed by atoms with Crippen LogP contribution in [0.25, 0.3) is 10.1 Å². The number of nitrogens with one attached hydrogen (secondary N) is 1. The van der Waals surface area contributed by atoms with Gasteiger partial charge in [-0.25, -0.2) is 0 Å². The maximum absolute atomic E-state index is 12.2. The second kappa shape index (κ2) is 7.58. The number of nitrogens with zero attached hydrogens (tertiary/aromatic N) is 1. The van der Waals surface area contributed by atoms with E-state index in [0.29, 0.717) is 16.4 Å². The van der Waals surface area contributed by atoms with Crippen LogP contribution in [0.3, 0.4) is 0 Å². The lowest BCUT2D eigenvalue weighted by Crippen LogP contribution is -2.41. The standard InChI is InChI=1S/C15H17ClN2O3S/c1-2-18(7-8-19)12(20)9-17-15(21)14-13(16)10-5-3-4-6-11(10)22-14/h3-6,19H,2,7-9H2,1H3,(H,17,21). The van der Waals surface area contributed by atoms with Crippen molar-refractivity contribution >= 4 is 44.8 Å². The molecule has 0 spiro atoms. The summed E-state index contributed by atoms with van der Waals surface area (Å²) in [6.07, 6.45) is 0. The molecule has 1 aromatic carbocycles. The van der Waals surface area contributed by atoms with E-state index in [0.717, 1.165) is 10.1 Å². The second-order valence-electron chi connectivity index (χ2n) is 4.62. The zero-order chi connectivity index (χ0) is 16.1. The van der Waals surface area contributed by atoms with Crippen LogP contribution in [-0.4, -0.2) is 48.1 Å². The second-order valence-corrected chi connectivity index (χ2v) is 6.05. The fourth-order valence-electron chi connectivity index (χ4n) is 2.09. The number of aliphatic hydroxyl groups excluding tert-OH is 1. The van der Waals surface area contributed by atoms with Crippen molar-refractivity contribution in [1.29, 1.82) is 0 Å². The van der Waals surface area contributed by atoms with Gasteiger partial charge in [-0.2, -0.15) is 0 Å². The highest BCUT2D eigenvalue weighted by Crippen LogP contribution is 2.34. The third-order valence-electron chi connectivity index (χ3n) is 3.25. The molecule has 2 aromatic rings. The van der Waals surface area contributed by atoms with Crippen molar-refractivity contribution in [3.8, 4) is 0 Å². The van der Waals surface area contributed by atoms with Gasteiger partial charge in [0.2, 0.25) is 5.91 Å². The van der Waals surface area contributed by atoms with E-state index >= 15 is 0 Å². The molecule has 7 heteroatoms. The summed E-state index contributed by atoms with van der Waals surface area (Å²) < 4.78 is 0.930. The van der Waals surface area contributed by atoms with Crippen LogP contribution in [0.2, 0.25) is 5.02 Å². The average molecular weight is 341 g/mol. The van der Waals surface area contributed by atoms with Gasteiger partial charge in [0.15, 0.2) is 0 Å². The number of carbonyl (C=O) groups excluding carboxylic acids is 2. The molecule has 1 heterocycles. The van der Waals surface area contributed by atoms with Crippen molar-refractivity contribution in [2.75, 3.05) is 26.2 Å². The molecular weight excluding hydrogens is 324 g/mol. The van der Waals surface area contributed by atoms with Crippen molar-refractivity contribution < 1.29 is 14.7 Å². The molecule has 0 bridgehead atoms. The Balaban J connectivity index is 2.05. The number of fused-ring (bicyclic) bond motifs is 1. The maximum Gasteiger partial charge on any atom is 0.263 e. The molecule has 2 amide bonds. The minimum Gasteiger partial charge on any atom is -0.395 e. The Morgan fingerprint density at radius 1 is 1.36 bits per heavy atom. The number of halogens is 1. The molecule has 22 heavy (non-hydrogen) atoms. The van der Waals surface area contributed by atoms with E-state index in [2.05, 4.69) is 5.32 Å². The summed E-state index contributed by atoms with van der Waals surface area (Å²) >= 11 is 7.53. The van der Waals surface area contributed by atoms with Gasteiger partial charge in [-0.1, -0.05) is 29.8 Å². The highest BCUT2D eigenvalue weighted by atomic mass is 35.5. The van der Waals surface area contributed by atoms with E-state index in [-0.39, 0.29) is 31.5 Å². The normalized spacial score (nSPS) is 10.7. The van der Waals surface area contributed by atoms with Crippen molar-refractivity contribution in [3.05, 3.63) is 34.2 Å². The molecular formula is C15H17ClN2O3S. The van der Waals surface area contributed by atoms with Crippen LogP contribution < -0.4 is 5.32 Å². The van der Waals surface area contributed by atoms with Gasteiger partial charge in [0.25, 0.3) is 5.91 Å². The summed E-state index contributed by atoms with van der Waals surface area (Å²) in [6.45, 7) is 2.35. The molecule has 0 unspecified atom stereocenters. The number of hydrogen-bond donors (Lipinski definition) is 2. The first kappa shape index (κ1) is 16.7. The molecule has 0 aliphatic rings. The van der Waals surface area contributed by atoms with Crippen LogP contribution in [0.5, 0.6) is 0 Å². The first-order chi connectivity index (χ1) is 10.6. The molecule has 5 nitrogen and oxygen atoms in total. The Labute approximate surface area is 137 Å². The first-order valence-corrected chi connectivity index (χ1v) is 8.11. The van der Waals surface area contributed by atoms with Gasteiger partial charge in [-0.15, -0.1) is 11.3 Å². The van der Waals surface area contributed by atoms with Crippen LogP contribution in [0.4, 0.5) is 0 Å². The number of likely N-dealkylation sites (N-methyl/N-ethyl adjacent to an activating group) is 1. The fourth-order valence-corrected chi connectivity index (χ4v) is 3.52. The predicted octanol–water partition coefficient (Wildman–Crippen LogP) is 2.13. The highest BCUT2D eigenvalue weighted by Gasteiger charge is 2.18. The molecule has 0 atom stereocenters. The van der Waals surface area contributed by atoms with Crippen LogP contribution in [0.15, 0.2) is 24.3 Å². The number of benzene rings is 1. The molecule has 0 radical (unpaired) electrons. The van der Waals surface area contributed by atoms with Gasteiger partial charge in [-0.3, -0.25) is 9.59 Å². The largest absolute Gasteiger partial charge is 0.395 e. The summed E-state index contributed by atoms with van der Waals surface area (Å²) in [4.78, 5) is 26.0. The Bertz CT molecular complexity index is 686. The zero-order valence-electron chi connectivity index (χ0n) is 12.1. The first-order valence-electron chi connectivity index (χ1n) is 6.92. The van der Waals surface area contributed by atoms with E-state index in [1.54, 1.807) is 0 Å². The Morgan fingerprint density at radius 3 is 2.73 bits per heavy atom. The van der Waals surface area contributed by atoms with Gasteiger partial charge >= 0.3 is 0 Å². The topological polar surface area (TPSA) is 69.6 Å². The molecule has 0 fully saturated rings. The van der Waals surface area contributed by atoms with E-state index < -0.39 is 0 Å². The van der Waals surface area contributed by atoms with Crippen LogP contribution in [0, 0.1) is 0 Å². The van der Waals surface area contributed by atoms with E-state index in [9.17, 15) is 9.59 Å².